The van der Waals surface area contributed by atoms with Crippen LogP contribution < -0.4 is 0 Å². The first-order valence-corrected chi connectivity index (χ1v) is 9.59. The number of imidazole rings is 1. The third-order valence-electron chi connectivity index (χ3n) is 5.41. The summed E-state index contributed by atoms with van der Waals surface area (Å²) in [5.41, 5.74) is 2.75. The van der Waals surface area contributed by atoms with Gasteiger partial charge in [-0.05, 0) is 31.5 Å². The van der Waals surface area contributed by atoms with E-state index in [4.69, 9.17) is 0 Å². The first-order chi connectivity index (χ1) is 13.5. The molecule has 0 bridgehead atoms. The molecule has 0 saturated carbocycles. The fourth-order valence-corrected chi connectivity index (χ4v) is 3.91. The number of benzene rings is 1. The fourth-order valence-electron chi connectivity index (χ4n) is 3.91. The van der Waals surface area contributed by atoms with Gasteiger partial charge in [0, 0.05) is 25.1 Å². The molecular formula is C20H24N4O4. The molecule has 1 amide bonds. The maximum atomic E-state index is 12.7. The molecule has 3 heterocycles. The summed E-state index contributed by atoms with van der Waals surface area (Å²) in [5.74, 6) is -0.289. The summed E-state index contributed by atoms with van der Waals surface area (Å²) < 4.78 is 0. The molecule has 2 aliphatic rings. The van der Waals surface area contributed by atoms with Crippen LogP contribution >= 0.6 is 0 Å². The predicted molar refractivity (Wildman–Crippen MR) is 102 cm³/mol. The fraction of sp³-hybridized carbons (Fsp3) is 0.450. The van der Waals surface area contributed by atoms with Crippen molar-refractivity contribution in [2.45, 2.75) is 31.9 Å². The molecule has 0 radical (unpaired) electrons. The third kappa shape index (κ3) is 3.93. The minimum Gasteiger partial charge on any atom is -0.478 e. The highest BCUT2D eigenvalue weighted by Crippen LogP contribution is 2.24. The number of β-amino-alcohol motifs (C(OH)–C–C–N with tert-alkyl or cyclic N) is 1. The summed E-state index contributed by atoms with van der Waals surface area (Å²) in [6, 6.07) is 6.66. The number of nitrogens with zero attached hydrogens (tertiary/aromatic N) is 3. The summed E-state index contributed by atoms with van der Waals surface area (Å²) >= 11 is 0. The van der Waals surface area contributed by atoms with E-state index in [1.807, 2.05) is 15.9 Å². The molecule has 2 aliphatic heterocycles. The molecule has 1 unspecified atom stereocenters. The van der Waals surface area contributed by atoms with Gasteiger partial charge in [-0.1, -0.05) is 12.1 Å². The lowest BCUT2D eigenvalue weighted by molar-refractivity contribution is -0.134. The van der Waals surface area contributed by atoms with E-state index in [9.17, 15) is 19.8 Å². The van der Waals surface area contributed by atoms with Gasteiger partial charge < -0.3 is 20.1 Å². The number of aromatic amines is 1. The highest BCUT2D eigenvalue weighted by Gasteiger charge is 2.27. The SMILES string of the molecule is O=C(O)c1cccc(-c2nc3c([nH]2)CN(C(=O)CN2CCCC(O)C2)CC3)c1. The number of likely N-dealkylation sites (tertiary alicyclic amines) is 1. The second-order valence-electron chi connectivity index (χ2n) is 7.49. The van der Waals surface area contributed by atoms with Crippen molar-refractivity contribution >= 4 is 11.9 Å². The van der Waals surface area contributed by atoms with Crippen molar-refractivity contribution in [2.24, 2.45) is 0 Å². The van der Waals surface area contributed by atoms with Crippen LogP contribution in [0.15, 0.2) is 24.3 Å². The van der Waals surface area contributed by atoms with Crippen molar-refractivity contribution in [1.82, 2.24) is 19.8 Å². The van der Waals surface area contributed by atoms with Gasteiger partial charge in [-0.25, -0.2) is 9.78 Å². The Morgan fingerprint density at radius 3 is 2.93 bits per heavy atom. The van der Waals surface area contributed by atoms with Gasteiger partial charge in [-0.15, -0.1) is 0 Å². The lowest BCUT2D eigenvalue weighted by atomic mass is 10.1. The molecule has 1 aromatic heterocycles. The largest absolute Gasteiger partial charge is 0.478 e. The van der Waals surface area contributed by atoms with E-state index >= 15 is 0 Å². The molecule has 148 valence electrons. The van der Waals surface area contributed by atoms with Crippen LogP contribution in [0.4, 0.5) is 0 Å². The summed E-state index contributed by atoms with van der Waals surface area (Å²) in [5, 5.41) is 19.0. The number of H-pyrrole nitrogens is 1. The minimum absolute atomic E-state index is 0.0591. The molecule has 28 heavy (non-hydrogen) atoms. The van der Waals surface area contributed by atoms with E-state index in [-0.39, 0.29) is 17.6 Å². The van der Waals surface area contributed by atoms with Crippen LogP contribution in [0.5, 0.6) is 0 Å². The molecule has 8 heteroatoms. The Kier molecular flexibility index (Phi) is 5.15. The number of piperidine rings is 1. The maximum absolute atomic E-state index is 12.7. The summed E-state index contributed by atoms with van der Waals surface area (Å²) in [6.07, 6.45) is 2.04. The molecule has 4 rings (SSSR count). The number of hydrogen-bond acceptors (Lipinski definition) is 5. The number of aliphatic hydroxyl groups is 1. The van der Waals surface area contributed by atoms with Gasteiger partial charge in [0.15, 0.2) is 0 Å². The van der Waals surface area contributed by atoms with E-state index in [2.05, 4.69) is 9.97 Å². The Hall–Kier alpha value is -2.71. The molecule has 3 N–H and O–H groups in total. The number of aromatic nitrogens is 2. The predicted octanol–water partition coefficient (Wildman–Crippen LogP) is 1.12. The van der Waals surface area contributed by atoms with Crippen molar-refractivity contribution in [3.05, 3.63) is 41.2 Å². The van der Waals surface area contributed by atoms with Crippen LogP contribution in [0.1, 0.15) is 34.6 Å². The van der Waals surface area contributed by atoms with E-state index in [1.165, 1.54) is 0 Å². The molecule has 1 aromatic carbocycles. The van der Waals surface area contributed by atoms with Crippen LogP contribution in [0, 0.1) is 0 Å². The lowest BCUT2D eigenvalue weighted by Gasteiger charge is -2.32. The molecule has 2 aromatic rings. The zero-order valence-electron chi connectivity index (χ0n) is 15.6. The number of aromatic carboxylic acids is 1. The number of carboxylic acids is 1. The topological polar surface area (TPSA) is 110 Å². The number of hydrogen-bond donors (Lipinski definition) is 3. The van der Waals surface area contributed by atoms with Crippen molar-refractivity contribution in [1.29, 1.82) is 0 Å². The Morgan fingerprint density at radius 2 is 2.14 bits per heavy atom. The van der Waals surface area contributed by atoms with Gasteiger partial charge in [0.1, 0.15) is 5.82 Å². The zero-order valence-corrected chi connectivity index (χ0v) is 15.6. The highest BCUT2D eigenvalue weighted by molar-refractivity contribution is 5.89. The molecule has 8 nitrogen and oxygen atoms in total. The Bertz CT molecular complexity index is 894. The van der Waals surface area contributed by atoms with Gasteiger partial charge in [0.25, 0.3) is 0 Å². The number of rotatable bonds is 4. The molecule has 0 aliphatic carbocycles. The molecule has 1 atom stereocenters. The zero-order chi connectivity index (χ0) is 19.7. The average molecular weight is 384 g/mol. The van der Waals surface area contributed by atoms with Gasteiger partial charge >= 0.3 is 5.97 Å². The van der Waals surface area contributed by atoms with Crippen molar-refractivity contribution in [3.63, 3.8) is 0 Å². The van der Waals surface area contributed by atoms with Crippen LogP contribution in [-0.4, -0.2) is 74.1 Å². The second-order valence-corrected chi connectivity index (χ2v) is 7.49. The van der Waals surface area contributed by atoms with Gasteiger partial charge in [0.2, 0.25) is 5.91 Å². The van der Waals surface area contributed by atoms with Crippen LogP contribution in [0.3, 0.4) is 0 Å². The first-order valence-electron chi connectivity index (χ1n) is 9.59. The van der Waals surface area contributed by atoms with Gasteiger partial charge in [0.05, 0.1) is 36.1 Å². The van der Waals surface area contributed by atoms with E-state index < -0.39 is 5.97 Å². The number of aliphatic hydroxyl groups excluding tert-OH is 1. The van der Waals surface area contributed by atoms with Gasteiger partial charge in [-0.2, -0.15) is 0 Å². The monoisotopic (exact) mass is 384 g/mol. The quantitative estimate of drug-likeness (QED) is 0.729. The number of carbonyl (C=O) groups is 2. The second kappa shape index (κ2) is 7.73. The van der Waals surface area contributed by atoms with Crippen molar-refractivity contribution < 1.29 is 19.8 Å². The number of amides is 1. The minimum atomic E-state index is -0.974. The first kappa shape index (κ1) is 18.6. The van der Waals surface area contributed by atoms with E-state index in [0.717, 1.165) is 36.3 Å². The summed E-state index contributed by atoms with van der Waals surface area (Å²) in [4.78, 5) is 35.6. The maximum Gasteiger partial charge on any atom is 0.335 e. The Morgan fingerprint density at radius 1 is 1.29 bits per heavy atom. The van der Waals surface area contributed by atoms with Crippen molar-refractivity contribution in [2.75, 3.05) is 26.2 Å². The standard InChI is InChI=1S/C20H24N4O4/c25-15-5-2-7-23(10-15)12-18(26)24-8-6-16-17(11-24)22-19(21-16)13-3-1-4-14(9-13)20(27)28/h1,3-4,9,15,25H,2,5-8,10-12H2,(H,21,22)(H,27,28). The normalized spacial score (nSPS) is 20.0. The smallest absolute Gasteiger partial charge is 0.335 e. The van der Waals surface area contributed by atoms with Gasteiger partial charge in [-0.3, -0.25) is 9.69 Å². The number of carboxylic acid groups (broad SMARTS) is 1. The summed E-state index contributed by atoms with van der Waals surface area (Å²) in [7, 11) is 0. The third-order valence-corrected chi connectivity index (χ3v) is 5.41. The Labute approximate surface area is 162 Å². The molecule has 0 spiro atoms. The molecule has 1 fully saturated rings. The van der Waals surface area contributed by atoms with Crippen LogP contribution in [0.25, 0.3) is 11.4 Å². The number of nitrogens with one attached hydrogen (secondary N) is 1. The van der Waals surface area contributed by atoms with E-state index in [1.54, 1.807) is 18.2 Å². The number of fused-ring (bicyclic) bond motifs is 1. The van der Waals surface area contributed by atoms with Crippen LogP contribution in [0.2, 0.25) is 0 Å². The Balaban J connectivity index is 1.45. The number of carbonyl (C=O) groups excluding carboxylic acids is 1. The van der Waals surface area contributed by atoms with E-state index in [0.29, 0.717) is 38.4 Å². The molecule has 1 saturated heterocycles. The van der Waals surface area contributed by atoms with Crippen LogP contribution in [-0.2, 0) is 17.8 Å². The highest BCUT2D eigenvalue weighted by atomic mass is 16.4. The summed E-state index contributed by atoms with van der Waals surface area (Å²) in [6.45, 7) is 2.81. The van der Waals surface area contributed by atoms with Crippen molar-refractivity contribution in [3.8, 4) is 11.4 Å². The molecular weight excluding hydrogens is 360 g/mol. The lowest BCUT2D eigenvalue weighted by Crippen LogP contribution is -2.46. The average Bonchev–Trinajstić information content (AvgIpc) is 3.11.